The Labute approximate surface area is 177 Å². The second kappa shape index (κ2) is 7.81. The van der Waals surface area contributed by atoms with Crippen LogP contribution in [0.4, 0.5) is 0 Å². The van der Waals surface area contributed by atoms with Crippen molar-refractivity contribution in [2.24, 2.45) is 0 Å². The summed E-state index contributed by atoms with van der Waals surface area (Å²) in [5.41, 5.74) is 4.05. The van der Waals surface area contributed by atoms with Gasteiger partial charge in [0.15, 0.2) is 5.69 Å². The Bertz CT molecular complexity index is 1040. The number of fused-ring (bicyclic) bond motifs is 2. The van der Waals surface area contributed by atoms with E-state index in [1.54, 1.807) is 11.0 Å². The van der Waals surface area contributed by atoms with Crippen LogP contribution in [-0.4, -0.2) is 59.5 Å². The molecule has 8 heteroatoms. The summed E-state index contributed by atoms with van der Waals surface area (Å²) >= 11 is 0. The first-order valence-electron chi connectivity index (χ1n) is 11.0. The van der Waals surface area contributed by atoms with Gasteiger partial charge in [-0.15, -0.1) is 0 Å². The summed E-state index contributed by atoms with van der Waals surface area (Å²) in [6.07, 6.45) is 7.49. The first kappa shape index (κ1) is 19.8. The molecule has 0 spiro atoms. The third-order valence-corrected chi connectivity index (χ3v) is 8.51. The van der Waals surface area contributed by atoms with Crippen LogP contribution in [0.15, 0.2) is 29.2 Å². The first-order valence-corrected chi connectivity index (χ1v) is 12.4. The lowest BCUT2D eigenvalue weighted by Gasteiger charge is -2.33. The maximum Gasteiger partial charge on any atom is 0.274 e. The van der Waals surface area contributed by atoms with E-state index in [2.05, 4.69) is 5.10 Å². The summed E-state index contributed by atoms with van der Waals surface area (Å²) in [6.45, 7) is 2.29. The molecular formula is C22H28N4O3S. The molecule has 0 saturated carbocycles. The Hall–Kier alpha value is -2.19. The highest BCUT2D eigenvalue weighted by Gasteiger charge is 2.32. The average Bonchev–Trinajstić information content (AvgIpc) is 3.22. The lowest BCUT2D eigenvalue weighted by molar-refractivity contribution is 0.0691. The summed E-state index contributed by atoms with van der Waals surface area (Å²) in [6, 6.07) is 7.48. The summed E-state index contributed by atoms with van der Waals surface area (Å²) < 4.78 is 29.8. The van der Waals surface area contributed by atoms with Crippen molar-refractivity contribution in [2.75, 3.05) is 26.2 Å². The Morgan fingerprint density at radius 3 is 2.33 bits per heavy atom. The van der Waals surface area contributed by atoms with Gasteiger partial charge in [-0.1, -0.05) is 6.07 Å². The van der Waals surface area contributed by atoms with Crippen molar-refractivity contribution in [1.82, 2.24) is 19.0 Å². The van der Waals surface area contributed by atoms with Gasteiger partial charge in [0.2, 0.25) is 10.0 Å². The van der Waals surface area contributed by atoms with Crippen LogP contribution in [0.2, 0.25) is 0 Å². The second-order valence-corrected chi connectivity index (χ2v) is 10.5. The third-order valence-electron chi connectivity index (χ3n) is 6.62. The number of nitrogens with zero attached hydrogens (tertiary/aromatic N) is 4. The van der Waals surface area contributed by atoms with Gasteiger partial charge in [0.1, 0.15) is 0 Å². The van der Waals surface area contributed by atoms with Crippen molar-refractivity contribution in [3.05, 3.63) is 46.8 Å². The Balaban J connectivity index is 1.27. The molecule has 3 heterocycles. The fourth-order valence-electron chi connectivity index (χ4n) is 4.84. The summed E-state index contributed by atoms with van der Waals surface area (Å²) in [4.78, 5) is 15.0. The van der Waals surface area contributed by atoms with Gasteiger partial charge in [-0.3, -0.25) is 9.48 Å². The molecule has 0 radical (unpaired) electrons. The van der Waals surface area contributed by atoms with E-state index in [4.69, 9.17) is 0 Å². The number of benzene rings is 1. The number of amides is 1. The highest BCUT2D eigenvalue weighted by molar-refractivity contribution is 7.89. The van der Waals surface area contributed by atoms with Crippen molar-refractivity contribution in [1.29, 1.82) is 0 Å². The average molecular weight is 429 g/mol. The molecule has 2 aliphatic heterocycles. The molecule has 0 N–H and O–H groups in total. The predicted octanol–water partition coefficient (Wildman–Crippen LogP) is 2.24. The Morgan fingerprint density at radius 1 is 0.833 bits per heavy atom. The lowest BCUT2D eigenvalue weighted by Crippen LogP contribution is -2.50. The van der Waals surface area contributed by atoms with Crippen molar-refractivity contribution in [3.8, 4) is 0 Å². The van der Waals surface area contributed by atoms with Gasteiger partial charge in [0.05, 0.1) is 4.90 Å². The highest BCUT2D eigenvalue weighted by Crippen LogP contribution is 2.26. The molecule has 2 aromatic rings. The van der Waals surface area contributed by atoms with Crippen LogP contribution in [-0.2, 0) is 35.8 Å². The van der Waals surface area contributed by atoms with Crippen molar-refractivity contribution >= 4 is 15.9 Å². The predicted molar refractivity (Wildman–Crippen MR) is 113 cm³/mol. The number of rotatable bonds is 3. The van der Waals surface area contributed by atoms with Gasteiger partial charge in [0.25, 0.3) is 5.91 Å². The van der Waals surface area contributed by atoms with Crippen molar-refractivity contribution in [3.63, 3.8) is 0 Å². The smallest absolute Gasteiger partial charge is 0.274 e. The number of hydrogen-bond acceptors (Lipinski definition) is 4. The van der Waals surface area contributed by atoms with Crippen LogP contribution < -0.4 is 0 Å². The molecule has 1 fully saturated rings. The summed E-state index contributed by atoms with van der Waals surface area (Å²) in [5, 5.41) is 4.48. The molecule has 1 saturated heterocycles. The first-order chi connectivity index (χ1) is 14.5. The second-order valence-electron chi connectivity index (χ2n) is 8.54. The van der Waals surface area contributed by atoms with Gasteiger partial charge >= 0.3 is 0 Å². The number of piperazine rings is 1. The summed E-state index contributed by atoms with van der Waals surface area (Å²) in [7, 11) is -3.54. The Kier molecular flexibility index (Phi) is 5.14. The summed E-state index contributed by atoms with van der Waals surface area (Å²) in [5.74, 6) is -0.0947. The molecule has 7 nitrogen and oxygen atoms in total. The lowest BCUT2D eigenvalue weighted by atomic mass is 9.92. The van der Waals surface area contributed by atoms with E-state index in [1.807, 2.05) is 22.9 Å². The third kappa shape index (κ3) is 3.56. The number of carbonyl (C=O) groups excluding carboxylic acids is 1. The van der Waals surface area contributed by atoms with Gasteiger partial charge < -0.3 is 4.90 Å². The molecule has 1 amide bonds. The number of sulfonamides is 1. The molecule has 1 aliphatic carbocycles. The van der Waals surface area contributed by atoms with Crippen molar-refractivity contribution < 1.29 is 13.2 Å². The molecule has 5 rings (SSSR count). The molecule has 0 bridgehead atoms. The van der Waals surface area contributed by atoms with E-state index >= 15 is 0 Å². The molecule has 160 valence electrons. The fraction of sp³-hybridized carbons (Fsp3) is 0.545. The van der Waals surface area contributed by atoms with Gasteiger partial charge in [-0.2, -0.15) is 9.40 Å². The van der Waals surface area contributed by atoms with E-state index in [9.17, 15) is 13.2 Å². The number of hydrogen-bond donors (Lipinski definition) is 0. The largest absolute Gasteiger partial charge is 0.335 e. The van der Waals surface area contributed by atoms with E-state index < -0.39 is 10.0 Å². The normalized spacial score (nSPS) is 19.9. The van der Waals surface area contributed by atoms with E-state index in [0.717, 1.165) is 50.8 Å². The van der Waals surface area contributed by atoms with Gasteiger partial charge in [0, 0.05) is 38.4 Å². The van der Waals surface area contributed by atoms with E-state index in [-0.39, 0.29) is 5.91 Å². The van der Waals surface area contributed by atoms with Crippen LogP contribution >= 0.6 is 0 Å². The SMILES string of the molecule is O=C(c1cc2n(n1)CCCC2)N1CCN(S(=O)(=O)c2ccc3c(c2)CCCC3)CC1. The number of carbonyl (C=O) groups is 1. The van der Waals surface area contributed by atoms with Crippen LogP contribution in [0.3, 0.4) is 0 Å². The fourth-order valence-corrected chi connectivity index (χ4v) is 6.31. The standard InChI is InChI=1S/C22H28N4O3S/c27-22(21-16-19-7-3-4-10-26(19)23-21)24-11-13-25(14-12-24)30(28,29)20-9-8-17-5-1-2-6-18(17)15-20/h8-9,15-16H,1-7,10-14H2. The number of aryl methyl sites for hydroxylation is 4. The highest BCUT2D eigenvalue weighted by atomic mass is 32.2. The minimum absolute atomic E-state index is 0.0947. The minimum atomic E-state index is -3.54. The number of aromatic nitrogens is 2. The molecule has 3 aliphatic rings. The molecule has 0 atom stereocenters. The zero-order valence-electron chi connectivity index (χ0n) is 17.2. The van der Waals surface area contributed by atoms with Crippen molar-refractivity contribution in [2.45, 2.75) is 56.4 Å². The van der Waals surface area contributed by atoms with E-state index in [1.165, 1.54) is 21.9 Å². The Morgan fingerprint density at radius 2 is 1.57 bits per heavy atom. The molecule has 1 aromatic heterocycles. The van der Waals surface area contributed by atoms with Crippen LogP contribution in [0.5, 0.6) is 0 Å². The quantitative estimate of drug-likeness (QED) is 0.751. The molecule has 30 heavy (non-hydrogen) atoms. The van der Waals surface area contributed by atoms with Gasteiger partial charge in [-0.05, 0) is 74.3 Å². The monoisotopic (exact) mass is 428 g/mol. The van der Waals surface area contributed by atoms with Crippen LogP contribution in [0, 0.1) is 0 Å². The zero-order valence-corrected chi connectivity index (χ0v) is 18.0. The van der Waals surface area contributed by atoms with Crippen LogP contribution in [0.25, 0.3) is 0 Å². The minimum Gasteiger partial charge on any atom is -0.335 e. The molecular weight excluding hydrogens is 400 g/mol. The van der Waals surface area contributed by atoms with E-state index in [0.29, 0.717) is 36.8 Å². The molecule has 0 unspecified atom stereocenters. The maximum atomic E-state index is 13.2. The zero-order chi connectivity index (χ0) is 20.7. The van der Waals surface area contributed by atoms with Crippen LogP contribution in [0.1, 0.15) is 53.0 Å². The molecule has 1 aromatic carbocycles. The maximum absolute atomic E-state index is 13.2. The van der Waals surface area contributed by atoms with Gasteiger partial charge in [-0.25, -0.2) is 8.42 Å². The topological polar surface area (TPSA) is 75.5 Å².